The number of carbonyl (C=O) groups excluding carboxylic acids is 2. The molecule has 1 aromatic rings. The highest BCUT2D eigenvalue weighted by atomic mass is 35.5. The lowest BCUT2D eigenvalue weighted by Crippen LogP contribution is -2.26. The second kappa shape index (κ2) is 8.22. The topological polar surface area (TPSA) is 64.6 Å². The van der Waals surface area contributed by atoms with Crippen molar-refractivity contribution in [1.29, 1.82) is 0 Å². The maximum Gasteiger partial charge on any atom is 0.355 e. The van der Waals surface area contributed by atoms with Gasteiger partial charge in [0.05, 0.1) is 14.2 Å². The molecule has 0 aliphatic carbocycles. The van der Waals surface area contributed by atoms with E-state index in [9.17, 15) is 9.59 Å². The lowest BCUT2D eigenvalue weighted by molar-refractivity contribution is -0.139. The maximum atomic E-state index is 11.6. The maximum absolute atomic E-state index is 11.6. The van der Waals surface area contributed by atoms with E-state index in [0.29, 0.717) is 13.0 Å². The summed E-state index contributed by atoms with van der Waals surface area (Å²) >= 11 is 5.79. The summed E-state index contributed by atoms with van der Waals surface area (Å²) in [4.78, 5) is 22.9. The van der Waals surface area contributed by atoms with Crippen LogP contribution < -0.4 is 5.32 Å². The predicted octanol–water partition coefficient (Wildman–Crippen LogP) is 1.62. The molecule has 0 saturated heterocycles. The Hall–Kier alpha value is -2.01. The van der Waals surface area contributed by atoms with E-state index in [1.54, 1.807) is 0 Å². The zero-order valence-corrected chi connectivity index (χ0v) is 12.1. The van der Waals surface area contributed by atoms with E-state index in [4.69, 9.17) is 11.6 Å². The minimum atomic E-state index is -0.792. The smallest absolute Gasteiger partial charge is 0.355 e. The molecule has 1 N–H and O–H groups in total. The van der Waals surface area contributed by atoms with Gasteiger partial charge in [-0.3, -0.25) is 0 Å². The molecule has 0 heterocycles. The van der Waals surface area contributed by atoms with Crippen LogP contribution in [0.5, 0.6) is 0 Å². The van der Waals surface area contributed by atoms with Crippen molar-refractivity contribution in [1.82, 2.24) is 5.32 Å². The van der Waals surface area contributed by atoms with Crippen LogP contribution in [0.15, 0.2) is 41.1 Å². The highest BCUT2D eigenvalue weighted by Gasteiger charge is 2.20. The van der Waals surface area contributed by atoms with Crippen LogP contribution in [-0.2, 0) is 25.5 Å². The third-order valence-electron chi connectivity index (χ3n) is 2.53. The Morgan fingerprint density at radius 3 is 2.25 bits per heavy atom. The number of carbonyl (C=O) groups is 2. The first-order valence-corrected chi connectivity index (χ1v) is 6.32. The van der Waals surface area contributed by atoms with Crippen LogP contribution in [0.3, 0.4) is 0 Å². The van der Waals surface area contributed by atoms with Crippen LogP contribution in [-0.4, -0.2) is 32.7 Å². The molecule has 0 spiro atoms. The van der Waals surface area contributed by atoms with Crippen LogP contribution in [0.25, 0.3) is 0 Å². The Labute approximate surface area is 122 Å². The Kier molecular flexibility index (Phi) is 6.59. The standard InChI is InChI=1S/C14H16ClNO4/c1-19-13(17)11(15)12(14(18)20-2)16-9-8-10-6-4-3-5-7-10/h3-7,16H,8-9H2,1-2H3/b12-11-. The Morgan fingerprint density at radius 1 is 1.10 bits per heavy atom. The molecule has 0 saturated carbocycles. The van der Waals surface area contributed by atoms with Gasteiger partial charge in [-0.15, -0.1) is 0 Å². The summed E-state index contributed by atoms with van der Waals surface area (Å²) in [6.45, 7) is 0.432. The molecular weight excluding hydrogens is 282 g/mol. The SMILES string of the molecule is COC(=O)/C(Cl)=C(/NCCc1ccccc1)C(=O)OC. The summed E-state index contributed by atoms with van der Waals surface area (Å²) in [5, 5.41) is 2.48. The Morgan fingerprint density at radius 2 is 1.70 bits per heavy atom. The number of ether oxygens (including phenoxy) is 2. The van der Waals surface area contributed by atoms with Gasteiger partial charge in [0.15, 0.2) is 5.03 Å². The molecule has 108 valence electrons. The van der Waals surface area contributed by atoms with Crippen molar-refractivity contribution in [3.63, 3.8) is 0 Å². The lowest BCUT2D eigenvalue weighted by atomic mass is 10.1. The van der Waals surface area contributed by atoms with Gasteiger partial charge in [0, 0.05) is 6.54 Å². The van der Waals surface area contributed by atoms with Gasteiger partial charge in [-0.05, 0) is 12.0 Å². The molecule has 0 aliphatic heterocycles. The molecule has 0 unspecified atom stereocenters. The number of nitrogens with one attached hydrogen (secondary N) is 1. The quantitative estimate of drug-likeness (QED) is 0.638. The highest BCUT2D eigenvalue weighted by molar-refractivity contribution is 6.43. The Balaban J connectivity index is 2.72. The minimum absolute atomic E-state index is 0.100. The van der Waals surface area contributed by atoms with Gasteiger partial charge >= 0.3 is 11.9 Å². The molecule has 20 heavy (non-hydrogen) atoms. The molecule has 6 heteroatoms. The molecule has 0 fully saturated rings. The number of halogens is 1. The monoisotopic (exact) mass is 297 g/mol. The van der Waals surface area contributed by atoms with Crippen molar-refractivity contribution in [3.05, 3.63) is 46.6 Å². The molecule has 1 aromatic carbocycles. The molecule has 5 nitrogen and oxygen atoms in total. The van der Waals surface area contributed by atoms with Gasteiger partial charge in [-0.25, -0.2) is 9.59 Å². The van der Waals surface area contributed by atoms with Gasteiger partial charge in [0.2, 0.25) is 0 Å². The second-order valence-corrected chi connectivity index (χ2v) is 4.21. The van der Waals surface area contributed by atoms with E-state index < -0.39 is 11.9 Å². The van der Waals surface area contributed by atoms with E-state index in [-0.39, 0.29) is 10.7 Å². The van der Waals surface area contributed by atoms with E-state index in [1.165, 1.54) is 14.2 Å². The second-order valence-electron chi connectivity index (χ2n) is 3.83. The van der Waals surface area contributed by atoms with Crippen molar-refractivity contribution >= 4 is 23.5 Å². The summed E-state index contributed by atoms with van der Waals surface area (Å²) < 4.78 is 9.06. The summed E-state index contributed by atoms with van der Waals surface area (Å²) in [7, 11) is 2.40. The summed E-state index contributed by atoms with van der Waals surface area (Å²) in [5.74, 6) is -1.51. The summed E-state index contributed by atoms with van der Waals surface area (Å²) in [6.07, 6.45) is 0.673. The fraction of sp³-hybridized carbons (Fsp3) is 0.286. The molecule has 0 atom stereocenters. The average Bonchev–Trinajstić information content (AvgIpc) is 2.50. The van der Waals surface area contributed by atoms with Gasteiger partial charge in [-0.2, -0.15) is 0 Å². The van der Waals surface area contributed by atoms with E-state index in [0.717, 1.165) is 5.56 Å². The number of benzene rings is 1. The van der Waals surface area contributed by atoms with Gasteiger partial charge < -0.3 is 14.8 Å². The normalized spacial score (nSPS) is 11.3. The van der Waals surface area contributed by atoms with Crippen LogP contribution >= 0.6 is 11.6 Å². The average molecular weight is 298 g/mol. The van der Waals surface area contributed by atoms with E-state index >= 15 is 0 Å². The number of esters is 2. The van der Waals surface area contributed by atoms with Crippen LogP contribution in [0.2, 0.25) is 0 Å². The van der Waals surface area contributed by atoms with Crippen molar-refractivity contribution in [2.75, 3.05) is 20.8 Å². The van der Waals surface area contributed by atoms with Crippen molar-refractivity contribution in [2.45, 2.75) is 6.42 Å². The largest absolute Gasteiger partial charge is 0.465 e. The molecule has 0 aliphatic rings. The first kappa shape index (κ1) is 16.0. The molecular formula is C14H16ClNO4. The molecule has 1 rings (SSSR count). The number of hydrogen-bond acceptors (Lipinski definition) is 5. The lowest BCUT2D eigenvalue weighted by Gasteiger charge is -2.10. The summed E-state index contributed by atoms with van der Waals surface area (Å²) in [6, 6.07) is 9.70. The zero-order valence-electron chi connectivity index (χ0n) is 11.3. The Bertz CT molecular complexity index is 499. The molecule has 0 amide bonds. The highest BCUT2D eigenvalue weighted by Crippen LogP contribution is 2.11. The summed E-state index contributed by atoms with van der Waals surface area (Å²) in [5.41, 5.74) is 0.996. The van der Waals surface area contributed by atoms with E-state index in [1.807, 2.05) is 30.3 Å². The van der Waals surface area contributed by atoms with Crippen LogP contribution in [0.1, 0.15) is 5.56 Å². The molecule has 0 bridgehead atoms. The third-order valence-corrected chi connectivity index (χ3v) is 2.88. The fourth-order valence-electron chi connectivity index (χ4n) is 1.51. The first-order chi connectivity index (χ1) is 9.60. The predicted molar refractivity (Wildman–Crippen MR) is 75.1 cm³/mol. The third kappa shape index (κ3) is 4.59. The molecule has 0 aromatic heterocycles. The number of rotatable bonds is 6. The minimum Gasteiger partial charge on any atom is -0.465 e. The first-order valence-electron chi connectivity index (χ1n) is 5.94. The van der Waals surface area contributed by atoms with Crippen molar-refractivity contribution in [3.8, 4) is 0 Å². The van der Waals surface area contributed by atoms with E-state index in [2.05, 4.69) is 14.8 Å². The van der Waals surface area contributed by atoms with Crippen molar-refractivity contribution < 1.29 is 19.1 Å². The zero-order chi connectivity index (χ0) is 15.0. The van der Waals surface area contributed by atoms with Crippen molar-refractivity contribution in [2.24, 2.45) is 0 Å². The van der Waals surface area contributed by atoms with Gasteiger partial charge in [-0.1, -0.05) is 41.9 Å². The van der Waals surface area contributed by atoms with Crippen LogP contribution in [0, 0.1) is 0 Å². The fourth-order valence-corrected chi connectivity index (χ4v) is 1.73. The number of methoxy groups -OCH3 is 2. The van der Waals surface area contributed by atoms with Gasteiger partial charge in [0.25, 0.3) is 0 Å². The van der Waals surface area contributed by atoms with Gasteiger partial charge in [0.1, 0.15) is 5.70 Å². The van der Waals surface area contributed by atoms with Crippen LogP contribution in [0.4, 0.5) is 0 Å². The molecule has 0 radical (unpaired) electrons. The number of hydrogen-bond donors (Lipinski definition) is 1.